The molecule has 1 aliphatic heterocycles. The number of amides is 1. The van der Waals surface area contributed by atoms with E-state index >= 15 is 0 Å². The number of anilines is 3. The minimum absolute atomic E-state index is 0.148. The van der Waals surface area contributed by atoms with E-state index in [1.165, 1.54) is 0 Å². The number of aryl methyl sites for hydroxylation is 1. The van der Waals surface area contributed by atoms with Gasteiger partial charge in [0.2, 0.25) is 11.9 Å². The highest BCUT2D eigenvalue weighted by Crippen LogP contribution is 2.23. The van der Waals surface area contributed by atoms with Crippen LogP contribution in [0.2, 0.25) is 0 Å². The first-order chi connectivity index (χ1) is 15.1. The number of carbonyl (C=O) groups excluding carboxylic acids is 1. The highest BCUT2D eigenvalue weighted by molar-refractivity contribution is 5.76. The van der Waals surface area contributed by atoms with Crippen LogP contribution in [0.15, 0.2) is 30.3 Å². The standard InChI is InChI=1S/C24H32N6O/c1-3-5-6-11-23(31)26-21-12-13-30(17-21)22-15-19(8-4-2)27-24(29-22)28-20-10-7-9-18(14-20)16-25/h7,9-10,14-15,21H,3-6,8,11-13,17H2,1-2H3,(H,26,31)(H,27,28,29)/t21-/m0/s1. The molecule has 1 amide bonds. The second-order valence-corrected chi connectivity index (χ2v) is 8.06. The summed E-state index contributed by atoms with van der Waals surface area (Å²) in [6.45, 7) is 5.88. The van der Waals surface area contributed by atoms with Gasteiger partial charge in [-0.25, -0.2) is 4.98 Å². The van der Waals surface area contributed by atoms with Gasteiger partial charge in [-0.15, -0.1) is 0 Å². The van der Waals surface area contributed by atoms with E-state index < -0.39 is 0 Å². The normalized spacial score (nSPS) is 15.5. The van der Waals surface area contributed by atoms with Crippen molar-refractivity contribution in [1.29, 1.82) is 5.26 Å². The average Bonchev–Trinajstić information content (AvgIpc) is 3.22. The lowest BCUT2D eigenvalue weighted by atomic mass is 10.2. The van der Waals surface area contributed by atoms with Gasteiger partial charge in [-0.1, -0.05) is 39.2 Å². The van der Waals surface area contributed by atoms with Crippen LogP contribution in [-0.2, 0) is 11.2 Å². The van der Waals surface area contributed by atoms with Gasteiger partial charge >= 0.3 is 0 Å². The van der Waals surface area contributed by atoms with Gasteiger partial charge in [0.25, 0.3) is 0 Å². The molecule has 1 aliphatic rings. The van der Waals surface area contributed by atoms with Gasteiger partial charge in [-0.3, -0.25) is 4.79 Å². The molecule has 0 spiro atoms. The van der Waals surface area contributed by atoms with Crippen LogP contribution in [0.4, 0.5) is 17.5 Å². The zero-order valence-electron chi connectivity index (χ0n) is 18.5. The summed E-state index contributed by atoms with van der Waals surface area (Å²) in [5, 5.41) is 15.5. The second kappa shape index (κ2) is 11.3. The maximum absolute atomic E-state index is 12.2. The molecular weight excluding hydrogens is 388 g/mol. The molecule has 0 saturated carbocycles. The first-order valence-corrected chi connectivity index (χ1v) is 11.3. The molecule has 0 radical (unpaired) electrons. The largest absolute Gasteiger partial charge is 0.354 e. The summed E-state index contributed by atoms with van der Waals surface area (Å²) >= 11 is 0. The number of unbranched alkanes of at least 4 members (excludes halogenated alkanes) is 2. The van der Waals surface area contributed by atoms with Crippen molar-refractivity contribution in [1.82, 2.24) is 15.3 Å². The fraction of sp³-hybridized carbons (Fsp3) is 0.500. The maximum Gasteiger partial charge on any atom is 0.229 e. The Hall–Kier alpha value is -3.14. The van der Waals surface area contributed by atoms with E-state index in [0.717, 1.165) is 68.8 Å². The lowest BCUT2D eigenvalue weighted by Gasteiger charge is -2.20. The van der Waals surface area contributed by atoms with Crippen LogP contribution in [0, 0.1) is 11.3 Å². The van der Waals surface area contributed by atoms with Gasteiger partial charge in [0, 0.05) is 43.0 Å². The number of rotatable bonds is 10. The van der Waals surface area contributed by atoms with Crippen molar-refractivity contribution in [3.63, 3.8) is 0 Å². The van der Waals surface area contributed by atoms with E-state index in [2.05, 4.69) is 40.4 Å². The first-order valence-electron chi connectivity index (χ1n) is 11.3. The molecule has 1 atom stereocenters. The Balaban J connectivity index is 1.69. The Labute approximate surface area is 184 Å². The third kappa shape index (κ3) is 6.68. The van der Waals surface area contributed by atoms with E-state index in [-0.39, 0.29) is 11.9 Å². The van der Waals surface area contributed by atoms with Gasteiger partial charge in [0.05, 0.1) is 11.6 Å². The Bertz CT molecular complexity index is 923. The smallest absolute Gasteiger partial charge is 0.229 e. The summed E-state index contributed by atoms with van der Waals surface area (Å²) in [5.41, 5.74) is 2.36. The van der Waals surface area contributed by atoms with Crippen LogP contribution in [-0.4, -0.2) is 35.0 Å². The van der Waals surface area contributed by atoms with E-state index in [4.69, 9.17) is 10.2 Å². The monoisotopic (exact) mass is 420 g/mol. The van der Waals surface area contributed by atoms with Crippen LogP contribution in [0.25, 0.3) is 0 Å². The predicted molar refractivity (Wildman–Crippen MR) is 123 cm³/mol. The van der Waals surface area contributed by atoms with Gasteiger partial charge in [0.15, 0.2) is 0 Å². The van der Waals surface area contributed by atoms with Crippen molar-refractivity contribution in [3.05, 3.63) is 41.6 Å². The topological polar surface area (TPSA) is 93.9 Å². The lowest BCUT2D eigenvalue weighted by molar-refractivity contribution is -0.121. The molecule has 7 nitrogen and oxygen atoms in total. The fourth-order valence-electron chi connectivity index (χ4n) is 3.80. The van der Waals surface area contributed by atoms with E-state index in [1.807, 2.05) is 18.2 Å². The molecule has 3 rings (SSSR count). The lowest BCUT2D eigenvalue weighted by Crippen LogP contribution is -2.37. The number of hydrogen-bond donors (Lipinski definition) is 2. The number of hydrogen-bond acceptors (Lipinski definition) is 6. The Morgan fingerprint density at radius 2 is 2.10 bits per heavy atom. The predicted octanol–water partition coefficient (Wildman–Crippen LogP) is 4.32. The van der Waals surface area contributed by atoms with Crippen molar-refractivity contribution in [2.75, 3.05) is 23.3 Å². The molecule has 1 saturated heterocycles. The van der Waals surface area contributed by atoms with Gasteiger partial charge in [0.1, 0.15) is 5.82 Å². The molecule has 2 N–H and O–H groups in total. The molecular formula is C24H32N6O. The molecule has 164 valence electrons. The molecule has 1 aromatic carbocycles. The molecule has 2 aromatic rings. The van der Waals surface area contributed by atoms with Gasteiger partial charge < -0.3 is 15.5 Å². The van der Waals surface area contributed by atoms with Gasteiger partial charge in [-0.2, -0.15) is 10.2 Å². The van der Waals surface area contributed by atoms with Crippen LogP contribution in [0.1, 0.15) is 63.6 Å². The average molecular weight is 421 g/mol. The van der Waals surface area contributed by atoms with Crippen molar-refractivity contribution < 1.29 is 4.79 Å². The summed E-state index contributed by atoms with van der Waals surface area (Å²) in [6.07, 6.45) is 6.55. The molecule has 0 bridgehead atoms. The Morgan fingerprint density at radius 3 is 2.87 bits per heavy atom. The van der Waals surface area contributed by atoms with Crippen LogP contribution >= 0.6 is 0 Å². The maximum atomic E-state index is 12.2. The molecule has 1 fully saturated rings. The SMILES string of the molecule is CCCCCC(=O)N[C@H]1CCN(c2cc(CCC)nc(Nc3cccc(C#N)c3)n2)C1. The zero-order valence-corrected chi connectivity index (χ0v) is 18.5. The summed E-state index contributed by atoms with van der Waals surface area (Å²) in [4.78, 5) is 23.8. The minimum atomic E-state index is 0.148. The van der Waals surface area contributed by atoms with Crippen molar-refractivity contribution >= 4 is 23.4 Å². The third-order valence-electron chi connectivity index (χ3n) is 5.40. The van der Waals surface area contributed by atoms with Crippen molar-refractivity contribution in [3.8, 4) is 6.07 Å². The van der Waals surface area contributed by atoms with E-state index in [0.29, 0.717) is 17.9 Å². The number of nitrogens with zero attached hydrogens (tertiary/aromatic N) is 4. The van der Waals surface area contributed by atoms with Crippen molar-refractivity contribution in [2.45, 2.75) is 64.8 Å². The van der Waals surface area contributed by atoms with E-state index in [1.54, 1.807) is 12.1 Å². The fourth-order valence-corrected chi connectivity index (χ4v) is 3.80. The van der Waals surface area contributed by atoms with Crippen LogP contribution < -0.4 is 15.5 Å². The Morgan fingerprint density at radius 1 is 1.23 bits per heavy atom. The minimum Gasteiger partial charge on any atom is -0.354 e. The first kappa shape index (κ1) is 22.5. The summed E-state index contributed by atoms with van der Waals surface area (Å²) in [6, 6.07) is 11.7. The highest BCUT2D eigenvalue weighted by Gasteiger charge is 2.25. The zero-order chi connectivity index (χ0) is 22.1. The number of benzene rings is 1. The Kier molecular flexibility index (Phi) is 8.22. The number of nitrogens with one attached hydrogen (secondary N) is 2. The second-order valence-electron chi connectivity index (χ2n) is 8.06. The summed E-state index contributed by atoms with van der Waals surface area (Å²) in [7, 11) is 0. The van der Waals surface area contributed by atoms with Crippen molar-refractivity contribution in [2.24, 2.45) is 0 Å². The van der Waals surface area contributed by atoms with Gasteiger partial charge in [-0.05, 0) is 37.5 Å². The third-order valence-corrected chi connectivity index (χ3v) is 5.40. The highest BCUT2D eigenvalue weighted by atomic mass is 16.1. The van der Waals surface area contributed by atoms with E-state index in [9.17, 15) is 4.79 Å². The molecule has 1 aromatic heterocycles. The van der Waals surface area contributed by atoms with Crippen LogP contribution in [0.5, 0.6) is 0 Å². The quantitative estimate of drug-likeness (QED) is 0.556. The number of nitriles is 1. The number of carbonyl (C=O) groups is 1. The molecule has 2 heterocycles. The molecule has 0 unspecified atom stereocenters. The summed E-state index contributed by atoms with van der Waals surface area (Å²) < 4.78 is 0. The molecule has 0 aliphatic carbocycles. The van der Waals surface area contributed by atoms with Crippen LogP contribution in [0.3, 0.4) is 0 Å². The molecule has 7 heteroatoms. The number of aromatic nitrogens is 2. The molecule has 31 heavy (non-hydrogen) atoms. The summed E-state index contributed by atoms with van der Waals surface area (Å²) in [5.74, 6) is 1.55.